The van der Waals surface area contributed by atoms with Gasteiger partial charge in [-0.15, -0.1) is 0 Å². The number of rotatable bonds is 4. The highest BCUT2D eigenvalue weighted by Gasteiger charge is 2.31. The maximum atomic E-state index is 14.3. The number of carbonyl (C=O) groups is 1. The Morgan fingerprint density at radius 3 is 2.57 bits per heavy atom. The molecule has 2 rings (SSSR count). The molecule has 4 N–H and O–H groups in total. The van der Waals surface area contributed by atoms with Crippen molar-refractivity contribution in [3.63, 3.8) is 0 Å². The van der Waals surface area contributed by atoms with Crippen LogP contribution in [0.25, 0.3) is 0 Å². The predicted molar refractivity (Wildman–Crippen MR) is 81.4 cm³/mol. The van der Waals surface area contributed by atoms with Crippen molar-refractivity contribution in [3.8, 4) is 0 Å². The fraction of sp³-hybridized carbons (Fsp3) is 0.562. The zero-order valence-electron chi connectivity index (χ0n) is 12.7. The van der Waals surface area contributed by atoms with Crippen molar-refractivity contribution in [1.82, 2.24) is 4.90 Å². The van der Waals surface area contributed by atoms with E-state index in [0.29, 0.717) is 5.56 Å². The minimum atomic E-state index is -0.843. The summed E-state index contributed by atoms with van der Waals surface area (Å²) in [6.07, 6.45) is 2.17. The molecular formula is C16H24FN3O. The lowest BCUT2D eigenvalue weighted by atomic mass is 9.74. The highest BCUT2D eigenvalue weighted by molar-refractivity contribution is 5.79. The third-order valence-corrected chi connectivity index (χ3v) is 4.65. The van der Waals surface area contributed by atoms with Crippen LogP contribution in [0, 0.1) is 5.82 Å². The van der Waals surface area contributed by atoms with Gasteiger partial charge in [-0.1, -0.05) is 19.1 Å². The van der Waals surface area contributed by atoms with Gasteiger partial charge in [-0.25, -0.2) is 4.39 Å². The first-order valence-electron chi connectivity index (χ1n) is 7.34. The van der Waals surface area contributed by atoms with Gasteiger partial charge in [0.05, 0.1) is 6.04 Å². The van der Waals surface area contributed by atoms with E-state index in [1.165, 1.54) is 0 Å². The Kier molecular flexibility index (Phi) is 4.64. The average Bonchev–Trinajstić information content (AvgIpc) is 2.44. The molecule has 116 valence electrons. The van der Waals surface area contributed by atoms with Gasteiger partial charge >= 0.3 is 0 Å². The molecule has 1 fully saturated rings. The van der Waals surface area contributed by atoms with Crippen LogP contribution in [0.2, 0.25) is 0 Å². The van der Waals surface area contributed by atoms with E-state index in [0.717, 1.165) is 31.5 Å². The number of piperidine rings is 1. The molecule has 5 heteroatoms. The lowest BCUT2D eigenvalue weighted by Gasteiger charge is -2.38. The Hall–Kier alpha value is -1.46. The summed E-state index contributed by atoms with van der Waals surface area (Å²) >= 11 is 0. The Bertz CT molecular complexity index is 524. The van der Waals surface area contributed by atoms with Crippen LogP contribution in [0.4, 0.5) is 4.39 Å². The first-order valence-corrected chi connectivity index (χ1v) is 7.34. The summed E-state index contributed by atoms with van der Waals surface area (Å²) in [5, 5.41) is 0. The number of hydrogen-bond acceptors (Lipinski definition) is 3. The van der Waals surface area contributed by atoms with Crippen LogP contribution in [0.15, 0.2) is 18.2 Å². The van der Waals surface area contributed by atoms with Gasteiger partial charge in [-0.3, -0.25) is 4.79 Å². The third-order valence-electron chi connectivity index (χ3n) is 4.65. The second-order valence-electron chi connectivity index (χ2n) is 6.38. The summed E-state index contributed by atoms with van der Waals surface area (Å²) in [4.78, 5) is 13.3. The molecule has 0 saturated carbocycles. The molecule has 0 aromatic heterocycles. The topological polar surface area (TPSA) is 72.3 Å². The SMILES string of the molecule is CN1CCC(C)(c2ccc(C[C@H](N)C(N)=O)c(F)c2)CC1. The van der Waals surface area contributed by atoms with Gasteiger partial charge in [0.1, 0.15) is 5.82 Å². The molecule has 4 nitrogen and oxygen atoms in total. The van der Waals surface area contributed by atoms with Gasteiger partial charge < -0.3 is 16.4 Å². The molecule has 1 aliphatic heterocycles. The average molecular weight is 293 g/mol. The number of amides is 1. The zero-order valence-corrected chi connectivity index (χ0v) is 12.7. The minimum absolute atomic E-state index is 0.0116. The van der Waals surface area contributed by atoms with E-state index < -0.39 is 11.9 Å². The number of carbonyl (C=O) groups excluding carboxylic acids is 1. The van der Waals surface area contributed by atoms with E-state index in [-0.39, 0.29) is 17.7 Å². The molecule has 0 bridgehead atoms. The highest BCUT2D eigenvalue weighted by atomic mass is 19.1. The van der Waals surface area contributed by atoms with Gasteiger partial charge in [-0.05, 0) is 62.0 Å². The van der Waals surface area contributed by atoms with Crippen molar-refractivity contribution < 1.29 is 9.18 Å². The number of hydrogen-bond donors (Lipinski definition) is 2. The molecule has 0 aliphatic carbocycles. The van der Waals surface area contributed by atoms with Crippen LogP contribution >= 0.6 is 0 Å². The smallest absolute Gasteiger partial charge is 0.234 e. The van der Waals surface area contributed by atoms with E-state index in [1.807, 2.05) is 6.07 Å². The molecule has 1 aromatic rings. The third kappa shape index (κ3) is 3.60. The number of benzene rings is 1. The first kappa shape index (κ1) is 15.9. The van der Waals surface area contributed by atoms with Crippen molar-refractivity contribution in [2.24, 2.45) is 11.5 Å². The number of primary amides is 1. The summed E-state index contributed by atoms with van der Waals surface area (Å²) in [6, 6.07) is 4.44. The first-order chi connectivity index (χ1) is 9.82. The van der Waals surface area contributed by atoms with Crippen LogP contribution in [-0.2, 0) is 16.6 Å². The minimum Gasteiger partial charge on any atom is -0.368 e. The molecule has 0 spiro atoms. The summed E-state index contributed by atoms with van der Waals surface area (Å²) in [5.41, 5.74) is 12.2. The Balaban J connectivity index is 2.17. The Morgan fingerprint density at radius 1 is 1.43 bits per heavy atom. The standard InChI is InChI=1S/C16H24FN3O/c1-16(5-7-20(2)8-6-16)12-4-3-11(13(17)10-12)9-14(18)15(19)21/h3-4,10,14H,5-9,18H2,1-2H3,(H2,19,21)/t14-/m0/s1. The van der Waals surface area contributed by atoms with Crippen molar-refractivity contribution in [2.75, 3.05) is 20.1 Å². The molecule has 21 heavy (non-hydrogen) atoms. The van der Waals surface area contributed by atoms with Gasteiger partial charge in [0.2, 0.25) is 5.91 Å². The molecule has 0 radical (unpaired) electrons. The zero-order chi connectivity index (χ0) is 15.6. The largest absolute Gasteiger partial charge is 0.368 e. The Morgan fingerprint density at radius 2 is 2.05 bits per heavy atom. The lowest BCUT2D eigenvalue weighted by molar-refractivity contribution is -0.119. The van der Waals surface area contributed by atoms with Crippen molar-refractivity contribution in [3.05, 3.63) is 35.1 Å². The summed E-state index contributed by atoms with van der Waals surface area (Å²) in [5.74, 6) is -0.912. The fourth-order valence-electron chi connectivity index (χ4n) is 2.83. The molecule has 0 unspecified atom stereocenters. The second kappa shape index (κ2) is 6.12. The van der Waals surface area contributed by atoms with E-state index >= 15 is 0 Å². The van der Waals surface area contributed by atoms with E-state index in [1.54, 1.807) is 12.1 Å². The summed E-state index contributed by atoms with van der Waals surface area (Å²) < 4.78 is 14.3. The summed E-state index contributed by atoms with van der Waals surface area (Å²) in [6.45, 7) is 4.22. The van der Waals surface area contributed by atoms with Crippen molar-refractivity contribution in [2.45, 2.75) is 37.6 Å². The fourth-order valence-corrected chi connectivity index (χ4v) is 2.83. The normalized spacial score (nSPS) is 20.2. The second-order valence-corrected chi connectivity index (χ2v) is 6.38. The quantitative estimate of drug-likeness (QED) is 0.875. The predicted octanol–water partition coefficient (Wildman–Crippen LogP) is 1.16. The van der Waals surface area contributed by atoms with Crippen molar-refractivity contribution in [1.29, 1.82) is 0 Å². The number of likely N-dealkylation sites (tertiary alicyclic amines) is 1. The molecule has 1 aromatic carbocycles. The van der Waals surface area contributed by atoms with E-state index in [9.17, 15) is 9.18 Å². The van der Waals surface area contributed by atoms with E-state index in [4.69, 9.17) is 11.5 Å². The molecule has 1 heterocycles. The van der Waals surface area contributed by atoms with Gasteiger partial charge in [0.25, 0.3) is 0 Å². The van der Waals surface area contributed by atoms with Crippen LogP contribution in [0.3, 0.4) is 0 Å². The maximum Gasteiger partial charge on any atom is 0.234 e. The van der Waals surface area contributed by atoms with Crippen LogP contribution in [-0.4, -0.2) is 37.0 Å². The molecule has 1 aliphatic rings. The molecule has 1 saturated heterocycles. The van der Waals surface area contributed by atoms with Gasteiger partial charge in [0.15, 0.2) is 0 Å². The highest BCUT2D eigenvalue weighted by Crippen LogP contribution is 2.35. The monoisotopic (exact) mass is 293 g/mol. The van der Waals surface area contributed by atoms with Crippen LogP contribution < -0.4 is 11.5 Å². The number of nitrogens with zero attached hydrogens (tertiary/aromatic N) is 1. The number of halogens is 1. The summed E-state index contributed by atoms with van der Waals surface area (Å²) in [7, 11) is 2.11. The Labute approximate surface area is 125 Å². The molecular weight excluding hydrogens is 269 g/mol. The van der Waals surface area contributed by atoms with Gasteiger partial charge in [0, 0.05) is 0 Å². The van der Waals surface area contributed by atoms with Crippen molar-refractivity contribution >= 4 is 5.91 Å². The maximum absolute atomic E-state index is 14.3. The number of nitrogens with two attached hydrogens (primary N) is 2. The van der Waals surface area contributed by atoms with Crippen LogP contribution in [0.5, 0.6) is 0 Å². The lowest BCUT2D eigenvalue weighted by Crippen LogP contribution is -2.39. The van der Waals surface area contributed by atoms with E-state index in [2.05, 4.69) is 18.9 Å². The molecule has 1 amide bonds. The molecule has 1 atom stereocenters. The van der Waals surface area contributed by atoms with Crippen LogP contribution in [0.1, 0.15) is 30.9 Å². The van der Waals surface area contributed by atoms with Gasteiger partial charge in [-0.2, -0.15) is 0 Å².